The summed E-state index contributed by atoms with van der Waals surface area (Å²) in [7, 11) is 0. The summed E-state index contributed by atoms with van der Waals surface area (Å²) in [5.74, 6) is 0.950. The zero-order valence-corrected chi connectivity index (χ0v) is 11.4. The summed E-state index contributed by atoms with van der Waals surface area (Å²) in [5.41, 5.74) is 10.00. The summed E-state index contributed by atoms with van der Waals surface area (Å²) in [6.07, 6.45) is 0. The van der Waals surface area contributed by atoms with Crippen LogP contribution in [0.3, 0.4) is 0 Å². The number of nitrogens with one attached hydrogen (secondary N) is 1. The number of hydrogen-bond donors (Lipinski definition) is 2. The van der Waals surface area contributed by atoms with Crippen molar-refractivity contribution >= 4 is 11.4 Å². The number of aryl methyl sites for hydroxylation is 1. The Kier molecular flexibility index (Phi) is 4.29. The van der Waals surface area contributed by atoms with Gasteiger partial charge in [0, 0.05) is 6.54 Å². The highest BCUT2D eigenvalue weighted by Crippen LogP contribution is 2.21. The highest BCUT2D eigenvalue weighted by Gasteiger charge is 2.02. The van der Waals surface area contributed by atoms with Crippen LogP contribution in [-0.4, -0.2) is 6.61 Å². The molecule has 0 aliphatic heterocycles. The molecule has 19 heavy (non-hydrogen) atoms. The first kappa shape index (κ1) is 13.3. The van der Waals surface area contributed by atoms with Gasteiger partial charge in [-0.2, -0.15) is 0 Å². The van der Waals surface area contributed by atoms with E-state index in [1.165, 1.54) is 5.56 Å². The second-order valence-corrected chi connectivity index (χ2v) is 4.47. The average molecular weight is 256 g/mol. The molecule has 0 saturated heterocycles. The SMILES string of the molecule is CCOc1ccc(CNc2ccccc2N)cc1C. The fourth-order valence-corrected chi connectivity index (χ4v) is 1.99. The van der Waals surface area contributed by atoms with E-state index in [0.717, 1.165) is 29.2 Å². The van der Waals surface area contributed by atoms with Crippen LogP contribution in [0.2, 0.25) is 0 Å². The van der Waals surface area contributed by atoms with E-state index in [1.807, 2.05) is 37.3 Å². The molecule has 0 bridgehead atoms. The van der Waals surface area contributed by atoms with Gasteiger partial charge in [-0.1, -0.05) is 24.3 Å². The van der Waals surface area contributed by atoms with E-state index in [4.69, 9.17) is 10.5 Å². The first-order valence-electron chi connectivity index (χ1n) is 6.51. The minimum absolute atomic E-state index is 0.693. The topological polar surface area (TPSA) is 47.3 Å². The number of anilines is 2. The quantitative estimate of drug-likeness (QED) is 0.804. The van der Waals surface area contributed by atoms with Crippen LogP contribution in [0.4, 0.5) is 11.4 Å². The van der Waals surface area contributed by atoms with Gasteiger partial charge >= 0.3 is 0 Å². The molecule has 0 unspecified atom stereocenters. The van der Waals surface area contributed by atoms with Crippen molar-refractivity contribution in [3.05, 3.63) is 53.6 Å². The molecule has 0 amide bonds. The maximum atomic E-state index is 5.90. The zero-order valence-electron chi connectivity index (χ0n) is 11.4. The fraction of sp³-hybridized carbons (Fsp3) is 0.250. The lowest BCUT2D eigenvalue weighted by molar-refractivity contribution is 0.338. The number of nitrogens with two attached hydrogens (primary N) is 1. The molecule has 0 atom stereocenters. The molecular weight excluding hydrogens is 236 g/mol. The van der Waals surface area contributed by atoms with Crippen molar-refractivity contribution in [2.24, 2.45) is 0 Å². The second kappa shape index (κ2) is 6.14. The molecule has 2 rings (SSSR count). The van der Waals surface area contributed by atoms with Crippen LogP contribution in [0.1, 0.15) is 18.1 Å². The summed E-state index contributed by atoms with van der Waals surface area (Å²) in [6, 6.07) is 14.0. The zero-order chi connectivity index (χ0) is 13.7. The fourth-order valence-electron chi connectivity index (χ4n) is 1.99. The first-order valence-corrected chi connectivity index (χ1v) is 6.51. The van der Waals surface area contributed by atoms with E-state index in [1.54, 1.807) is 0 Å². The molecule has 0 aromatic heterocycles. The molecule has 3 heteroatoms. The molecule has 0 aliphatic rings. The van der Waals surface area contributed by atoms with Gasteiger partial charge in [-0.15, -0.1) is 0 Å². The van der Waals surface area contributed by atoms with E-state index < -0.39 is 0 Å². The number of hydrogen-bond acceptors (Lipinski definition) is 3. The first-order chi connectivity index (χ1) is 9.20. The molecule has 2 aromatic rings. The van der Waals surface area contributed by atoms with Gasteiger partial charge in [0.15, 0.2) is 0 Å². The Morgan fingerprint density at radius 3 is 2.63 bits per heavy atom. The largest absolute Gasteiger partial charge is 0.494 e. The van der Waals surface area contributed by atoms with Crippen molar-refractivity contribution in [2.75, 3.05) is 17.7 Å². The van der Waals surface area contributed by atoms with Crippen molar-refractivity contribution in [3.63, 3.8) is 0 Å². The van der Waals surface area contributed by atoms with Gasteiger partial charge in [0.05, 0.1) is 18.0 Å². The van der Waals surface area contributed by atoms with Crippen LogP contribution >= 0.6 is 0 Å². The lowest BCUT2D eigenvalue weighted by atomic mass is 10.1. The maximum absolute atomic E-state index is 5.90. The van der Waals surface area contributed by atoms with Gasteiger partial charge in [0.2, 0.25) is 0 Å². The van der Waals surface area contributed by atoms with Crippen LogP contribution in [0, 0.1) is 6.92 Å². The van der Waals surface area contributed by atoms with E-state index in [2.05, 4.69) is 24.4 Å². The van der Waals surface area contributed by atoms with E-state index >= 15 is 0 Å². The Morgan fingerprint density at radius 2 is 1.95 bits per heavy atom. The predicted octanol–water partition coefficient (Wildman–Crippen LogP) is 3.59. The molecule has 0 saturated carbocycles. The van der Waals surface area contributed by atoms with Crippen molar-refractivity contribution in [1.82, 2.24) is 0 Å². The number of rotatable bonds is 5. The normalized spacial score (nSPS) is 10.2. The number of benzene rings is 2. The van der Waals surface area contributed by atoms with Gasteiger partial charge < -0.3 is 15.8 Å². The van der Waals surface area contributed by atoms with Crippen molar-refractivity contribution < 1.29 is 4.74 Å². The number of ether oxygens (including phenoxy) is 1. The minimum atomic E-state index is 0.693. The third-order valence-corrected chi connectivity index (χ3v) is 2.98. The predicted molar refractivity (Wildman–Crippen MR) is 80.5 cm³/mol. The molecule has 3 N–H and O–H groups in total. The maximum Gasteiger partial charge on any atom is 0.122 e. The Labute approximate surface area is 114 Å². The summed E-state index contributed by atoms with van der Waals surface area (Å²) < 4.78 is 5.53. The lowest BCUT2D eigenvalue weighted by Gasteiger charge is -2.11. The molecular formula is C16H20N2O. The summed E-state index contributed by atoms with van der Waals surface area (Å²) in [6.45, 7) is 5.50. The summed E-state index contributed by atoms with van der Waals surface area (Å²) in [4.78, 5) is 0. The van der Waals surface area contributed by atoms with Crippen molar-refractivity contribution in [2.45, 2.75) is 20.4 Å². The monoisotopic (exact) mass is 256 g/mol. The Morgan fingerprint density at radius 1 is 1.16 bits per heavy atom. The van der Waals surface area contributed by atoms with Crippen molar-refractivity contribution in [1.29, 1.82) is 0 Å². The van der Waals surface area contributed by atoms with Crippen LogP contribution in [0.15, 0.2) is 42.5 Å². The minimum Gasteiger partial charge on any atom is -0.494 e. The van der Waals surface area contributed by atoms with Crippen LogP contribution < -0.4 is 15.8 Å². The third kappa shape index (κ3) is 3.41. The van der Waals surface area contributed by atoms with Crippen LogP contribution in [-0.2, 0) is 6.54 Å². The number of para-hydroxylation sites is 2. The summed E-state index contributed by atoms with van der Waals surface area (Å²) in [5, 5.41) is 3.34. The standard InChI is InChI=1S/C16H20N2O/c1-3-19-16-9-8-13(10-12(16)2)11-18-15-7-5-4-6-14(15)17/h4-10,18H,3,11,17H2,1-2H3. The highest BCUT2D eigenvalue weighted by molar-refractivity contribution is 5.65. The van der Waals surface area contributed by atoms with E-state index in [9.17, 15) is 0 Å². The summed E-state index contributed by atoms with van der Waals surface area (Å²) >= 11 is 0. The molecule has 0 fully saturated rings. The molecule has 3 nitrogen and oxygen atoms in total. The lowest BCUT2D eigenvalue weighted by Crippen LogP contribution is -2.03. The molecule has 0 spiro atoms. The molecule has 2 aromatic carbocycles. The van der Waals surface area contributed by atoms with Gasteiger partial charge in [-0.05, 0) is 43.2 Å². The van der Waals surface area contributed by atoms with Gasteiger partial charge in [-0.25, -0.2) is 0 Å². The van der Waals surface area contributed by atoms with Gasteiger partial charge in [-0.3, -0.25) is 0 Å². The average Bonchev–Trinajstić information content (AvgIpc) is 2.41. The number of nitrogen functional groups attached to an aromatic ring is 1. The van der Waals surface area contributed by atoms with Crippen molar-refractivity contribution in [3.8, 4) is 5.75 Å². The van der Waals surface area contributed by atoms with Crippen LogP contribution in [0.5, 0.6) is 5.75 Å². The molecule has 100 valence electrons. The Balaban J connectivity index is 2.04. The molecule has 0 radical (unpaired) electrons. The van der Waals surface area contributed by atoms with Gasteiger partial charge in [0.1, 0.15) is 5.75 Å². The third-order valence-electron chi connectivity index (χ3n) is 2.98. The van der Waals surface area contributed by atoms with Gasteiger partial charge in [0.25, 0.3) is 0 Å². The Bertz CT molecular complexity index is 552. The van der Waals surface area contributed by atoms with E-state index in [0.29, 0.717) is 6.61 Å². The Hall–Kier alpha value is -2.16. The molecule has 0 heterocycles. The van der Waals surface area contributed by atoms with Crippen LogP contribution in [0.25, 0.3) is 0 Å². The highest BCUT2D eigenvalue weighted by atomic mass is 16.5. The van der Waals surface area contributed by atoms with E-state index in [-0.39, 0.29) is 0 Å². The second-order valence-electron chi connectivity index (χ2n) is 4.47. The molecule has 0 aliphatic carbocycles. The smallest absolute Gasteiger partial charge is 0.122 e.